The molecule has 5 heteroatoms. The molecule has 3 rings (SSSR count). The van der Waals surface area contributed by atoms with Gasteiger partial charge in [0.2, 0.25) is 0 Å². The van der Waals surface area contributed by atoms with Crippen LogP contribution in [0.4, 0.5) is 0 Å². The van der Waals surface area contributed by atoms with Crippen LogP contribution in [0.5, 0.6) is 5.75 Å². The van der Waals surface area contributed by atoms with E-state index in [1.807, 2.05) is 36.4 Å². The van der Waals surface area contributed by atoms with Gasteiger partial charge in [-0.2, -0.15) is 0 Å². The van der Waals surface area contributed by atoms with Gasteiger partial charge in [-0.05, 0) is 23.8 Å². The number of rotatable bonds is 3. The van der Waals surface area contributed by atoms with Crippen molar-refractivity contribution in [2.75, 3.05) is 7.11 Å². The topological polar surface area (TPSA) is 50.7 Å². The highest BCUT2D eigenvalue weighted by Crippen LogP contribution is 2.26. The summed E-state index contributed by atoms with van der Waals surface area (Å²) >= 11 is 6.09. The normalized spacial score (nSPS) is 15.6. The molecule has 2 aromatic carbocycles. The minimum atomic E-state index is -0.231. The summed E-state index contributed by atoms with van der Waals surface area (Å²) in [5.74, 6) is 0.912. The molecule has 2 aromatic rings. The molecule has 0 saturated carbocycles. The summed E-state index contributed by atoms with van der Waals surface area (Å²) in [5, 5.41) is 3.25. The Morgan fingerprint density at radius 3 is 2.64 bits per heavy atom. The average Bonchev–Trinajstić information content (AvgIpc) is 2.89. The van der Waals surface area contributed by atoms with Gasteiger partial charge in [0.05, 0.1) is 12.1 Å². The maximum Gasteiger partial charge on any atom is 0.275 e. The lowest BCUT2D eigenvalue weighted by Gasteiger charge is -2.03. The van der Waals surface area contributed by atoms with Gasteiger partial charge in [0, 0.05) is 5.56 Å². The largest absolute Gasteiger partial charge is 0.495 e. The number of methoxy groups -OCH3 is 1. The molecule has 1 amide bonds. The third-order valence-corrected chi connectivity index (χ3v) is 3.52. The van der Waals surface area contributed by atoms with E-state index in [1.54, 1.807) is 25.3 Å². The summed E-state index contributed by atoms with van der Waals surface area (Å²) in [4.78, 5) is 16.4. The van der Waals surface area contributed by atoms with Gasteiger partial charge in [-0.1, -0.05) is 48.0 Å². The quantitative estimate of drug-likeness (QED) is 0.884. The zero-order valence-corrected chi connectivity index (χ0v) is 12.6. The Labute approximate surface area is 133 Å². The minimum absolute atomic E-state index is 0.231. The predicted octanol–water partition coefficient (Wildman–Crippen LogP) is 3.27. The number of benzene rings is 2. The van der Waals surface area contributed by atoms with Crippen molar-refractivity contribution in [1.82, 2.24) is 5.32 Å². The smallest absolute Gasteiger partial charge is 0.275 e. The first-order chi connectivity index (χ1) is 10.7. The van der Waals surface area contributed by atoms with E-state index < -0.39 is 0 Å². The number of carbonyl (C=O) groups is 1. The van der Waals surface area contributed by atoms with Gasteiger partial charge in [0.15, 0.2) is 0 Å². The van der Waals surface area contributed by atoms with Crippen molar-refractivity contribution in [3.05, 3.63) is 70.4 Å². The molecule has 4 nitrogen and oxygen atoms in total. The lowest BCUT2D eigenvalue weighted by molar-refractivity contribution is -0.115. The predicted molar refractivity (Wildman–Crippen MR) is 87.1 cm³/mol. The minimum Gasteiger partial charge on any atom is -0.495 e. The van der Waals surface area contributed by atoms with E-state index in [1.165, 1.54) is 0 Å². The van der Waals surface area contributed by atoms with Gasteiger partial charge in [-0.3, -0.25) is 4.79 Å². The Morgan fingerprint density at radius 2 is 1.95 bits per heavy atom. The van der Waals surface area contributed by atoms with Crippen molar-refractivity contribution in [3.8, 4) is 5.75 Å². The van der Waals surface area contributed by atoms with Crippen LogP contribution >= 0.6 is 11.6 Å². The highest BCUT2D eigenvalue weighted by atomic mass is 35.5. The fourth-order valence-corrected chi connectivity index (χ4v) is 2.40. The van der Waals surface area contributed by atoms with Gasteiger partial charge in [-0.25, -0.2) is 4.99 Å². The molecule has 0 atom stereocenters. The summed E-state index contributed by atoms with van der Waals surface area (Å²) in [6, 6.07) is 14.8. The van der Waals surface area contributed by atoms with Crippen molar-refractivity contribution in [1.29, 1.82) is 0 Å². The number of amidine groups is 1. The SMILES string of the molecule is COc1ccc(/C=C2/N=C(c3ccccc3)NC2=O)cc1Cl. The van der Waals surface area contributed by atoms with E-state index in [0.29, 0.717) is 22.3 Å². The van der Waals surface area contributed by atoms with E-state index in [2.05, 4.69) is 10.3 Å². The highest BCUT2D eigenvalue weighted by Gasteiger charge is 2.20. The summed E-state index contributed by atoms with van der Waals surface area (Å²) in [5.41, 5.74) is 2.00. The molecule has 0 saturated heterocycles. The molecular weight excluding hydrogens is 300 g/mol. The van der Waals surface area contributed by atoms with Crippen LogP contribution in [0.1, 0.15) is 11.1 Å². The fourth-order valence-electron chi connectivity index (χ4n) is 2.13. The zero-order valence-electron chi connectivity index (χ0n) is 11.8. The summed E-state index contributed by atoms with van der Waals surface area (Å²) in [7, 11) is 1.56. The maximum absolute atomic E-state index is 12.0. The first-order valence-electron chi connectivity index (χ1n) is 6.68. The number of hydrogen-bond donors (Lipinski definition) is 1. The lowest BCUT2D eigenvalue weighted by Crippen LogP contribution is -2.24. The number of halogens is 1. The van der Waals surface area contributed by atoms with Crippen molar-refractivity contribution in [2.45, 2.75) is 0 Å². The Balaban J connectivity index is 1.92. The van der Waals surface area contributed by atoms with Gasteiger partial charge >= 0.3 is 0 Å². The van der Waals surface area contributed by atoms with Crippen LogP contribution in [0.25, 0.3) is 6.08 Å². The van der Waals surface area contributed by atoms with Crippen LogP contribution in [0.15, 0.2) is 59.2 Å². The highest BCUT2D eigenvalue weighted by molar-refractivity contribution is 6.32. The Morgan fingerprint density at radius 1 is 1.18 bits per heavy atom. The first kappa shape index (κ1) is 14.4. The van der Waals surface area contributed by atoms with E-state index >= 15 is 0 Å². The van der Waals surface area contributed by atoms with E-state index in [-0.39, 0.29) is 5.91 Å². The standard InChI is InChI=1S/C17H13ClN2O2/c1-22-15-8-7-11(9-13(15)18)10-14-17(21)20-16(19-14)12-5-3-2-4-6-12/h2-10H,1H3,(H,19,20,21)/b14-10+. The fraction of sp³-hybridized carbons (Fsp3) is 0.0588. The molecule has 1 N–H and O–H groups in total. The summed E-state index contributed by atoms with van der Waals surface area (Å²) in [6.45, 7) is 0. The molecule has 110 valence electrons. The van der Waals surface area contributed by atoms with Crippen LogP contribution in [0.3, 0.4) is 0 Å². The molecule has 0 spiro atoms. The molecule has 0 aliphatic carbocycles. The van der Waals surface area contributed by atoms with Gasteiger partial charge in [-0.15, -0.1) is 0 Å². The number of aliphatic imine (C=N–C) groups is 1. The van der Waals surface area contributed by atoms with Crippen LogP contribution in [0, 0.1) is 0 Å². The second-order valence-corrected chi connectivity index (χ2v) is 5.11. The number of amides is 1. The molecule has 1 aliphatic heterocycles. The lowest BCUT2D eigenvalue weighted by atomic mass is 10.2. The van der Waals surface area contributed by atoms with Gasteiger partial charge in [0.1, 0.15) is 17.3 Å². The van der Waals surface area contributed by atoms with Crippen LogP contribution in [-0.2, 0) is 4.79 Å². The van der Waals surface area contributed by atoms with E-state index in [0.717, 1.165) is 11.1 Å². The van der Waals surface area contributed by atoms with Gasteiger partial charge < -0.3 is 10.1 Å². The van der Waals surface area contributed by atoms with Crippen molar-refractivity contribution < 1.29 is 9.53 Å². The number of nitrogens with one attached hydrogen (secondary N) is 1. The first-order valence-corrected chi connectivity index (χ1v) is 7.06. The monoisotopic (exact) mass is 312 g/mol. The van der Waals surface area contributed by atoms with E-state index in [4.69, 9.17) is 16.3 Å². The number of nitrogens with zero attached hydrogens (tertiary/aromatic N) is 1. The van der Waals surface area contributed by atoms with Crippen LogP contribution in [-0.4, -0.2) is 18.9 Å². The Bertz CT molecular complexity index is 783. The third-order valence-electron chi connectivity index (χ3n) is 3.22. The van der Waals surface area contributed by atoms with Crippen molar-refractivity contribution in [2.24, 2.45) is 4.99 Å². The Kier molecular flexibility index (Phi) is 3.94. The number of carbonyl (C=O) groups excluding carboxylic acids is 1. The summed E-state index contributed by atoms with van der Waals surface area (Å²) in [6.07, 6.45) is 1.69. The number of ether oxygens (including phenoxy) is 1. The van der Waals surface area contributed by atoms with E-state index in [9.17, 15) is 4.79 Å². The third kappa shape index (κ3) is 2.87. The molecule has 0 bridgehead atoms. The van der Waals surface area contributed by atoms with Crippen LogP contribution < -0.4 is 10.1 Å². The molecule has 0 unspecified atom stereocenters. The molecule has 1 heterocycles. The average molecular weight is 313 g/mol. The second kappa shape index (κ2) is 6.03. The zero-order chi connectivity index (χ0) is 15.5. The molecule has 0 aromatic heterocycles. The second-order valence-electron chi connectivity index (χ2n) is 4.70. The summed E-state index contributed by atoms with van der Waals surface area (Å²) < 4.78 is 5.11. The molecular formula is C17H13ClN2O2. The molecule has 0 fully saturated rings. The van der Waals surface area contributed by atoms with Crippen molar-refractivity contribution in [3.63, 3.8) is 0 Å². The molecule has 22 heavy (non-hydrogen) atoms. The Hall–Kier alpha value is -2.59. The maximum atomic E-state index is 12.0. The van der Waals surface area contributed by atoms with Crippen LogP contribution in [0.2, 0.25) is 5.02 Å². The number of hydrogen-bond acceptors (Lipinski definition) is 3. The van der Waals surface area contributed by atoms with Crippen molar-refractivity contribution >= 4 is 29.4 Å². The van der Waals surface area contributed by atoms with Gasteiger partial charge in [0.25, 0.3) is 5.91 Å². The molecule has 0 radical (unpaired) electrons. The molecule has 1 aliphatic rings.